The number of rotatable bonds is 13. The van der Waals surface area contributed by atoms with Crippen LogP contribution in [0.1, 0.15) is 51.9 Å². The number of ketones is 1. The molecular weight excluding hydrogens is 334 g/mol. The number of thiol groups is 2. The zero-order chi connectivity index (χ0) is 17.7. The van der Waals surface area contributed by atoms with Gasteiger partial charge in [0.15, 0.2) is 5.78 Å². The molecule has 2 N–H and O–H groups in total. The molecule has 0 aliphatic rings. The third-order valence-electron chi connectivity index (χ3n) is 3.29. The Bertz CT molecular complexity index is 424. The van der Waals surface area contributed by atoms with Crippen LogP contribution < -0.4 is 5.32 Å². The fourth-order valence-electron chi connectivity index (χ4n) is 1.91. The topological polar surface area (TPSA) is 83.5 Å². The lowest BCUT2D eigenvalue weighted by atomic mass is 10.1. The maximum atomic E-state index is 11.6. The number of hydrogen-bond donors (Lipinski definition) is 4. The molecule has 1 atom stereocenters. The van der Waals surface area contributed by atoms with Crippen molar-refractivity contribution in [2.75, 3.05) is 12.3 Å². The SMILES string of the molecule is C/C(=C\C(=O)CCCNC(=O)CCCCC(S)CCS)C(=O)O. The minimum atomic E-state index is -1.09. The number of carbonyl (C=O) groups excluding carboxylic acids is 2. The van der Waals surface area contributed by atoms with E-state index >= 15 is 0 Å². The van der Waals surface area contributed by atoms with Crippen LogP contribution in [0.15, 0.2) is 11.6 Å². The van der Waals surface area contributed by atoms with Crippen LogP contribution in [-0.4, -0.2) is 40.3 Å². The van der Waals surface area contributed by atoms with E-state index in [2.05, 4.69) is 30.6 Å². The highest BCUT2D eigenvalue weighted by Crippen LogP contribution is 2.12. The Balaban J connectivity index is 3.66. The quantitative estimate of drug-likeness (QED) is 0.231. The van der Waals surface area contributed by atoms with Gasteiger partial charge in [0.25, 0.3) is 0 Å². The Morgan fingerprint density at radius 2 is 1.83 bits per heavy atom. The summed E-state index contributed by atoms with van der Waals surface area (Å²) in [6.45, 7) is 1.81. The maximum absolute atomic E-state index is 11.6. The third-order valence-corrected chi connectivity index (χ3v) is 4.07. The van der Waals surface area contributed by atoms with Crippen LogP contribution in [0.2, 0.25) is 0 Å². The normalized spacial score (nSPS) is 12.7. The molecule has 0 bridgehead atoms. The van der Waals surface area contributed by atoms with E-state index in [0.717, 1.165) is 37.5 Å². The molecule has 0 spiro atoms. The third kappa shape index (κ3) is 13.2. The predicted molar refractivity (Wildman–Crippen MR) is 98.4 cm³/mol. The summed E-state index contributed by atoms with van der Waals surface area (Å²) in [7, 11) is 0. The fourth-order valence-corrected chi connectivity index (χ4v) is 2.74. The molecule has 1 unspecified atom stereocenters. The number of aliphatic carboxylic acids is 1. The molecule has 0 saturated heterocycles. The van der Waals surface area contributed by atoms with Gasteiger partial charge in [-0.2, -0.15) is 25.3 Å². The number of carboxylic acids is 1. The van der Waals surface area contributed by atoms with Crippen molar-refractivity contribution in [2.45, 2.75) is 57.1 Å². The van der Waals surface area contributed by atoms with E-state index in [-0.39, 0.29) is 23.7 Å². The molecule has 0 aromatic carbocycles. The minimum Gasteiger partial charge on any atom is -0.478 e. The monoisotopic (exact) mass is 361 g/mol. The average Bonchev–Trinajstić information content (AvgIpc) is 2.48. The zero-order valence-corrected chi connectivity index (χ0v) is 15.4. The molecule has 0 aromatic heterocycles. The van der Waals surface area contributed by atoms with Crippen LogP contribution in [0.5, 0.6) is 0 Å². The second-order valence-corrected chi connectivity index (χ2v) is 6.64. The number of allylic oxidation sites excluding steroid dienone is 1. The number of unbranched alkanes of at least 4 members (excludes halogenated alkanes) is 1. The minimum absolute atomic E-state index is 0.0142. The van der Waals surface area contributed by atoms with Crippen LogP contribution in [0.4, 0.5) is 0 Å². The zero-order valence-electron chi connectivity index (χ0n) is 13.6. The predicted octanol–water partition coefficient (Wildman–Crippen LogP) is 2.66. The highest BCUT2D eigenvalue weighted by atomic mass is 32.1. The molecule has 0 saturated carbocycles. The van der Waals surface area contributed by atoms with Gasteiger partial charge >= 0.3 is 5.97 Å². The van der Waals surface area contributed by atoms with E-state index in [1.165, 1.54) is 6.92 Å². The average molecular weight is 362 g/mol. The molecule has 0 fully saturated rings. The lowest BCUT2D eigenvalue weighted by molar-refractivity contribution is -0.133. The molecule has 0 rings (SSSR count). The van der Waals surface area contributed by atoms with Gasteiger partial charge in [0, 0.05) is 30.2 Å². The van der Waals surface area contributed by atoms with Crippen LogP contribution in [0.3, 0.4) is 0 Å². The van der Waals surface area contributed by atoms with Gasteiger partial charge in [-0.05, 0) is 44.4 Å². The Hall–Kier alpha value is -0.950. The Morgan fingerprint density at radius 1 is 1.13 bits per heavy atom. The summed E-state index contributed by atoms with van der Waals surface area (Å²) in [5.74, 6) is -0.513. The number of amides is 1. The lowest BCUT2D eigenvalue weighted by Crippen LogP contribution is -2.24. The van der Waals surface area contributed by atoms with E-state index < -0.39 is 5.97 Å². The van der Waals surface area contributed by atoms with Crippen molar-refractivity contribution in [1.29, 1.82) is 0 Å². The van der Waals surface area contributed by atoms with Gasteiger partial charge < -0.3 is 10.4 Å². The summed E-state index contributed by atoms with van der Waals surface area (Å²) in [6, 6.07) is 0. The first-order chi connectivity index (χ1) is 10.9. The molecule has 1 amide bonds. The number of carboxylic acid groups (broad SMARTS) is 1. The lowest BCUT2D eigenvalue weighted by Gasteiger charge is -2.08. The first-order valence-electron chi connectivity index (χ1n) is 7.86. The fraction of sp³-hybridized carbons (Fsp3) is 0.688. The molecule has 0 radical (unpaired) electrons. The maximum Gasteiger partial charge on any atom is 0.331 e. The van der Waals surface area contributed by atoms with Crippen LogP contribution in [0.25, 0.3) is 0 Å². The van der Waals surface area contributed by atoms with Crippen molar-refractivity contribution in [3.8, 4) is 0 Å². The molecule has 7 heteroatoms. The highest BCUT2D eigenvalue weighted by molar-refractivity contribution is 7.81. The molecule has 0 aromatic rings. The Morgan fingerprint density at radius 3 is 2.43 bits per heavy atom. The van der Waals surface area contributed by atoms with Crippen molar-refractivity contribution in [1.82, 2.24) is 5.32 Å². The van der Waals surface area contributed by atoms with Crippen molar-refractivity contribution in [3.63, 3.8) is 0 Å². The summed E-state index contributed by atoms with van der Waals surface area (Å²) in [5.41, 5.74) is 0.0273. The largest absolute Gasteiger partial charge is 0.478 e. The van der Waals surface area contributed by atoms with Gasteiger partial charge in [0.05, 0.1) is 0 Å². The molecular formula is C16H27NO4S2. The molecule has 5 nitrogen and oxygen atoms in total. The smallest absolute Gasteiger partial charge is 0.331 e. The molecule has 0 aliphatic carbocycles. The molecule has 132 valence electrons. The first kappa shape index (κ1) is 22.1. The van der Waals surface area contributed by atoms with E-state index in [9.17, 15) is 14.4 Å². The number of carbonyl (C=O) groups is 3. The summed E-state index contributed by atoms with van der Waals surface area (Å²) in [5, 5.41) is 11.8. The molecule has 23 heavy (non-hydrogen) atoms. The van der Waals surface area contributed by atoms with E-state index in [4.69, 9.17) is 5.11 Å². The first-order valence-corrected chi connectivity index (χ1v) is 9.01. The second-order valence-electron chi connectivity index (χ2n) is 5.46. The van der Waals surface area contributed by atoms with Crippen molar-refractivity contribution in [3.05, 3.63) is 11.6 Å². The summed E-state index contributed by atoms with van der Waals surface area (Å²) in [6.07, 6.45) is 6.10. The van der Waals surface area contributed by atoms with Gasteiger partial charge in [-0.1, -0.05) is 6.42 Å². The van der Waals surface area contributed by atoms with Crippen molar-refractivity contribution in [2.24, 2.45) is 0 Å². The summed E-state index contributed by atoms with van der Waals surface area (Å²) < 4.78 is 0. The molecule has 0 aliphatic heterocycles. The Kier molecular flexibility index (Phi) is 12.9. The number of nitrogens with one attached hydrogen (secondary N) is 1. The van der Waals surface area contributed by atoms with Crippen LogP contribution >= 0.6 is 25.3 Å². The summed E-state index contributed by atoms with van der Waals surface area (Å²) >= 11 is 8.59. The Labute approximate surface area is 149 Å². The van der Waals surface area contributed by atoms with Gasteiger partial charge in [-0.3, -0.25) is 9.59 Å². The van der Waals surface area contributed by atoms with Gasteiger partial charge in [0.2, 0.25) is 5.91 Å². The van der Waals surface area contributed by atoms with Gasteiger partial charge in [-0.15, -0.1) is 0 Å². The number of hydrogen-bond acceptors (Lipinski definition) is 5. The van der Waals surface area contributed by atoms with Crippen LogP contribution in [-0.2, 0) is 14.4 Å². The van der Waals surface area contributed by atoms with Crippen molar-refractivity contribution >= 4 is 42.9 Å². The summed E-state index contributed by atoms with van der Waals surface area (Å²) in [4.78, 5) is 33.6. The van der Waals surface area contributed by atoms with Crippen LogP contribution in [0, 0.1) is 0 Å². The van der Waals surface area contributed by atoms with Crippen molar-refractivity contribution < 1.29 is 19.5 Å². The standard InChI is InChI=1S/C16H27NO4S2/c1-12(16(20)21)11-13(18)5-4-9-17-15(19)7-3-2-6-14(23)8-10-22/h11,14,22-23H,2-10H2,1H3,(H,17,19)(H,20,21)/b12-11+. The van der Waals surface area contributed by atoms with Gasteiger partial charge in [-0.25, -0.2) is 4.79 Å². The second kappa shape index (κ2) is 13.5. The van der Waals surface area contributed by atoms with Gasteiger partial charge in [0.1, 0.15) is 0 Å². The molecule has 0 heterocycles. The van der Waals surface area contributed by atoms with E-state index in [0.29, 0.717) is 24.6 Å². The van der Waals surface area contributed by atoms with E-state index in [1.807, 2.05) is 0 Å². The van der Waals surface area contributed by atoms with E-state index in [1.54, 1.807) is 0 Å². The highest BCUT2D eigenvalue weighted by Gasteiger charge is 2.06.